The lowest BCUT2D eigenvalue weighted by atomic mass is 10.0. The number of rotatable bonds is 5. The maximum Gasteiger partial charge on any atom is 0.262 e. The van der Waals surface area contributed by atoms with Crippen molar-refractivity contribution in [1.82, 2.24) is 15.5 Å². The van der Waals surface area contributed by atoms with E-state index in [-0.39, 0.29) is 11.6 Å². The molecule has 0 saturated heterocycles. The molecule has 28 heavy (non-hydrogen) atoms. The van der Waals surface area contributed by atoms with Crippen molar-refractivity contribution in [3.8, 4) is 17.3 Å². The predicted molar refractivity (Wildman–Crippen MR) is 110 cm³/mol. The summed E-state index contributed by atoms with van der Waals surface area (Å²) in [6.07, 6.45) is 3.17. The fourth-order valence-electron chi connectivity index (χ4n) is 2.94. The van der Waals surface area contributed by atoms with Gasteiger partial charge in [0.05, 0.1) is 17.9 Å². The van der Waals surface area contributed by atoms with Crippen molar-refractivity contribution in [1.29, 1.82) is 5.26 Å². The summed E-state index contributed by atoms with van der Waals surface area (Å²) in [4.78, 5) is 12.7. The van der Waals surface area contributed by atoms with Crippen LogP contribution >= 0.6 is 0 Å². The summed E-state index contributed by atoms with van der Waals surface area (Å²) >= 11 is 0. The minimum absolute atomic E-state index is 0.0364. The van der Waals surface area contributed by atoms with Crippen LogP contribution in [0.2, 0.25) is 0 Å². The number of hydrogen-bond acceptors (Lipinski definition) is 3. The van der Waals surface area contributed by atoms with E-state index >= 15 is 0 Å². The monoisotopic (exact) mass is 370 g/mol. The highest BCUT2D eigenvalue weighted by Gasteiger charge is 2.16. The van der Waals surface area contributed by atoms with Gasteiger partial charge < -0.3 is 5.32 Å². The van der Waals surface area contributed by atoms with Crippen LogP contribution in [0.25, 0.3) is 17.3 Å². The molecule has 0 saturated carbocycles. The summed E-state index contributed by atoms with van der Waals surface area (Å²) in [5.41, 5.74) is 5.80. The number of H-pyrrole nitrogens is 1. The topological polar surface area (TPSA) is 81.6 Å². The average Bonchev–Trinajstić information content (AvgIpc) is 3.17. The number of nitrogens with zero attached hydrogens (tertiary/aromatic N) is 2. The van der Waals surface area contributed by atoms with Crippen molar-refractivity contribution in [3.63, 3.8) is 0 Å². The zero-order valence-electron chi connectivity index (χ0n) is 16.2. The Kier molecular flexibility index (Phi) is 5.71. The molecule has 5 heteroatoms. The molecule has 0 fully saturated rings. The zero-order valence-corrected chi connectivity index (χ0v) is 16.2. The summed E-state index contributed by atoms with van der Waals surface area (Å²) in [5.74, 6) is -0.409. The Morgan fingerprint density at radius 3 is 2.61 bits per heavy atom. The Labute approximate surface area is 164 Å². The molecule has 0 bridgehead atoms. The number of aromatic nitrogens is 2. The Morgan fingerprint density at radius 2 is 1.93 bits per heavy atom. The third-order valence-electron chi connectivity index (χ3n) is 4.77. The molecule has 3 aromatic rings. The van der Waals surface area contributed by atoms with Gasteiger partial charge in [0.15, 0.2) is 0 Å². The van der Waals surface area contributed by atoms with Crippen molar-refractivity contribution in [2.24, 2.45) is 0 Å². The van der Waals surface area contributed by atoms with Crippen molar-refractivity contribution < 1.29 is 4.79 Å². The molecule has 1 heterocycles. The lowest BCUT2D eigenvalue weighted by Crippen LogP contribution is -2.27. The first kappa shape index (κ1) is 19.1. The summed E-state index contributed by atoms with van der Waals surface area (Å²) < 4.78 is 0. The quantitative estimate of drug-likeness (QED) is 0.513. The number of carbonyl (C=O) groups is 1. The molecular weight excluding hydrogens is 348 g/mol. The van der Waals surface area contributed by atoms with Gasteiger partial charge in [0.2, 0.25) is 0 Å². The van der Waals surface area contributed by atoms with Crippen LogP contribution in [0.4, 0.5) is 0 Å². The second-order valence-electron chi connectivity index (χ2n) is 6.78. The fourth-order valence-corrected chi connectivity index (χ4v) is 2.94. The van der Waals surface area contributed by atoms with Gasteiger partial charge in [-0.3, -0.25) is 9.89 Å². The molecule has 140 valence electrons. The van der Waals surface area contributed by atoms with Gasteiger partial charge >= 0.3 is 0 Å². The molecule has 0 aliphatic carbocycles. The number of aromatic amines is 1. The number of carbonyl (C=O) groups excluding carboxylic acids is 1. The highest BCUT2D eigenvalue weighted by molar-refractivity contribution is 6.02. The molecule has 0 spiro atoms. The van der Waals surface area contributed by atoms with Gasteiger partial charge in [0.25, 0.3) is 5.91 Å². The average molecular weight is 370 g/mol. The summed E-state index contributed by atoms with van der Waals surface area (Å²) in [7, 11) is 0. The van der Waals surface area contributed by atoms with Crippen LogP contribution in [-0.4, -0.2) is 16.1 Å². The molecule has 0 aliphatic heterocycles. The van der Waals surface area contributed by atoms with E-state index in [9.17, 15) is 10.1 Å². The summed E-state index contributed by atoms with van der Waals surface area (Å²) in [6, 6.07) is 17.5. The molecular formula is C23H22N4O. The standard InChI is InChI=1S/C23H22N4O/c1-15-9-10-19(11-16(15)2)17(3)26-23(28)20(13-24)12-21-14-25-27-22(21)18-7-5-4-6-8-18/h4-12,14,17H,1-3H3,(H,25,27)(H,26,28)/b20-12+. The van der Waals surface area contributed by atoms with E-state index in [4.69, 9.17) is 0 Å². The molecule has 0 aliphatic rings. The van der Waals surface area contributed by atoms with Crippen LogP contribution in [0, 0.1) is 25.2 Å². The molecule has 3 rings (SSSR count). The smallest absolute Gasteiger partial charge is 0.262 e. The van der Waals surface area contributed by atoms with E-state index in [2.05, 4.69) is 21.6 Å². The first-order chi connectivity index (χ1) is 13.5. The van der Waals surface area contributed by atoms with Crippen LogP contribution in [-0.2, 0) is 4.79 Å². The van der Waals surface area contributed by atoms with Crippen LogP contribution in [0.5, 0.6) is 0 Å². The van der Waals surface area contributed by atoms with Crippen molar-refractivity contribution >= 4 is 12.0 Å². The lowest BCUT2D eigenvalue weighted by molar-refractivity contribution is -0.117. The number of benzene rings is 2. The Morgan fingerprint density at radius 1 is 1.18 bits per heavy atom. The Balaban J connectivity index is 1.82. The first-order valence-electron chi connectivity index (χ1n) is 9.08. The molecule has 2 aromatic carbocycles. The molecule has 1 atom stereocenters. The highest BCUT2D eigenvalue weighted by Crippen LogP contribution is 2.23. The van der Waals surface area contributed by atoms with Gasteiger partial charge in [0.1, 0.15) is 11.6 Å². The van der Waals surface area contributed by atoms with E-state index in [0.29, 0.717) is 5.56 Å². The molecule has 2 N–H and O–H groups in total. The Bertz CT molecular complexity index is 1060. The normalized spacial score (nSPS) is 12.3. The predicted octanol–water partition coefficient (Wildman–Crippen LogP) is 4.48. The van der Waals surface area contributed by atoms with Gasteiger partial charge in [-0.1, -0.05) is 48.5 Å². The van der Waals surface area contributed by atoms with Crippen LogP contribution in [0.15, 0.2) is 60.3 Å². The lowest BCUT2D eigenvalue weighted by Gasteiger charge is -2.15. The van der Waals surface area contributed by atoms with Gasteiger partial charge in [-0.2, -0.15) is 10.4 Å². The van der Waals surface area contributed by atoms with Gasteiger partial charge in [0, 0.05) is 11.1 Å². The van der Waals surface area contributed by atoms with E-state index in [1.54, 1.807) is 12.3 Å². The van der Waals surface area contributed by atoms with Crippen LogP contribution in [0.1, 0.15) is 35.2 Å². The van der Waals surface area contributed by atoms with Gasteiger partial charge in [-0.05, 0) is 43.5 Å². The maximum absolute atomic E-state index is 12.7. The maximum atomic E-state index is 12.7. The molecule has 5 nitrogen and oxygen atoms in total. The molecule has 1 unspecified atom stereocenters. The highest BCUT2D eigenvalue weighted by atomic mass is 16.1. The second-order valence-corrected chi connectivity index (χ2v) is 6.78. The number of hydrogen-bond donors (Lipinski definition) is 2. The molecule has 1 amide bonds. The van der Waals surface area contributed by atoms with Crippen molar-refractivity contribution in [2.75, 3.05) is 0 Å². The van der Waals surface area contributed by atoms with Crippen LogP contribution < -0.4 is 5.32 Å². The first-order valence-corrected chi connectivity index (χ1v) is 9.08. The van der Waals surface area contributed by atoms with Gasteiger partial charge in [-0.15, -0.1) is 0 Å². The minimum atomic E-state index is -0.409. The third-order valence-corrected chi connectivity index (χ3v) is 4.77. The number of nitrogens with one attached hydrogen (secondary N) is 2. The number of nitriles is 1. The molecule has 0 radical (unpaired) electrons. The summed E-state index contributed by atoms with van der Waals surface area (Å²) in [6.45, 7) is 6.00. The van der Waals surface area contributed by atoms with Crippen molar-refractivity contribution in [3.05, 3.63) is 82.6 Å². The minimum Gasteiger partial charge on any atom is -0.345 e. The van der Waals surface area contributed by atoms with Crippen molar-refractivity contribution in [2.45, 2.75) is 26.8 Å². The third kappa shape index (κ3) is 4.18. The number of aryl methyl sites for hydroxylation is 2. The largest absolute Gasteiger partial charge is 0.345 e. The zero-order chi connectivity index (χ0) is 20.1. The SMILES string of the molecule is Cc1ccc(C(C)NC(=O)/C(C#N)=C/c2cn[nH]c2-c2ccccc2)cc1C. The Hall–Kier alpha value is -3.65. The van der Waals surface area contributed by atoms with E-state index in [1.807, 2.05) is 69.3 Å². The van der Waals surface area contributed by atoms with Gasteiger partial charge in [-0.25, -0.2) is 0 Å². The molecule has 1 aromatic heterocycles. The summed E-state index contributed by atoms with van der Waals surface area (Å²) in [5, 5.41) is 19.4. The van der Waals surface area contributed by atoms with E-state index in [1.165, 1.54) is 11.1 Å². The van der Waals surface area contributed by atoms with E-state index in [0.717, 1.165) is 16.8 Å². The van der Waals surface area contributed by atoms with Crippen LogP contribution in [0.3, 0.4) is 0 Å². The second kappa shape index (κ2) is 8.36. The fraction of sp³-hybridized carbons (Fsp3) is 0.174. The van der Waals surface area contributed by atoms with E-state index < -0.39 is 5.91 Å². The number of amides is 1.